The van der Waals surface area contributed by atoms with E-state index in [0.717, 1.165) is 18.9 Å². The lowest BCUT2D eigenvalue weighted by molar-refractivity contribution is 0.437. The highest BCUT2D eigenvalue weighted by Crippen LogP contribution is 2.21. The number of hydrogen-bond acceptors (Lipinski definition) is 2. The summed E-state index contributed by atoms with van der Waals surface area (Å²) < 4.78 is 13.8. The van der Waals surface area contributed by atoms with E-state index < -0.39 is 0 Å². The summed E-state index contributed by atoms with van der Waals surface area (Å²) in [5.74, 6) is -0.411. The third kappa shape index (κ3) is 4.57. The molecular weight excluding hydrogens is 265 g/mol. The number of hydrogen-bond donors (Lipinski definition) is 2. The van der Waals surface area contributed by atoms with Crippen molar-refractivity contribution in [1.29, 1.82) is 0 Å². The van der Waals surface area contributed by atoms with Crippen LogP contribution in [0.4, 0.5) is 4.39 Å². The summed E-state index contributed by atoms with van der Waals surface area (Å²) in [4.78, 5) is 0. The fourth-order valence-corrected chi connectivity index (χ4v) is 2.49. The Labute approximate surface area is 125 Å². The van der Waals surface area contributed by atoms with Crippen molar-refractivity contribution in [1.82, 2.24) is 5.32 Å². The molecule has 2 nitrogen and oxygen atoms in total. The standard InChI is InChI=1S/C18H22FNO/c1-13(8-9-15-6-4-3-5-7-15)20-14(2)17-11-10-16(21)12-18(17)19/h3-7,10-14,20-21H,8-9H2,1-2H3. The van der Waals surface area contributed by atoms with Crippen LogP contribution in [-0.2, 0) is 6.42 Å². The zero-order valence-corrected chi connectivity index (χ0v) is 12.5. The Hall–Kier alpha value is -1.87. The summed E-state index contributed by atoms with van der Waals surface area (Å²) >= 11 is 0. The Kier molecular flexibility index (Phi) is 5.34. The fraction of sp³-hybridized carbons (Fsp3) is 0.333. The smallest absolute Gasteiger partial charge is 0.131 e. The van der Waals surface area contributed by atoms with Gasteiger partial charge in [0.1, 0.15) is 11.6 Å². The van der Waals surface area contributed by atoms with Gasteiger partial charge in [-0.2, -0.15) is 0 Å². The second kappa shape index (κ2) is 7.23. The Balaban J connectivity index is 1.88. The van der Waals surface area contributed by atoms with Gasteiger partial charge in [-0.15, -0.1) is 0 Å². The molecule has 3 heteroatoms. The maximum atomic E-state index is 13.8. The summed E-state index contributed by atoms with van der Waals surface area (Å²) in [5.41, 5.74) is 1.90. The van der Waals surface area contributed by atoms with Crippen LogP contribution >= 0.6 is 0 Å². The highest BCUT2D eigenvalue weighted by atomic mass is 19.1. The van der Waals surface area contributed by atoms with Gasteiger partial charge in [0.2, 0.25) is 0 Å². The summed E-state index contributed by atoms with van der Waals surface area (Å²) in [6, 6.07) is 14.8. The number of aryl methyl sites for hydroxylation is 1. The van der Waals surface area contributed by atoms with Crippen LogP contribution in [0.2, 0.25) is 0 Å². The fourth-order valence-electron chi connectivity index (χ4n) is 2.49. The van der Waals surface area contributed by atoms with Crippen LogP contribution in [0.3, 0.4) is 0 Å². The molecular formula is C18H22FNO. The van der Waals surface area contributed by atoms with Crippen LogP contribution in [0.1, 0.15) is 37.4 Å². The number of aromatic hydroxyl groups is 1. The van der Waals surface area contributed by atoms with Gasteiger partial charge in [-0.05, 0) is 38.3 Å². The van der Waals surface area contributed by atoms with Crippen molar-refractivity contribution < 1.29 is 9.50 Å². The highest BCUT2D eigenvalue weighted by molar-refractivity contribution is 5.29. The number of phenols is 1. The van der Waals surface area contributed by atoms with E-state index in [2.05, 4.69) is 24.4 Å². The maximum absolute atomic E-state index is 13.8. The van der Waals surface area contributed by atoms with Gasteiger partial charge in [-0.3, -0.25) is 0 Å². The summed E-state index contributed by atoms with van der Waals surface area (Å²) in [5, 5.41) is 12.7. The zero-order chi connectivity index (χ0) is 15.2. The van der Waals surface area contributed by atoms with E-state index >= 15 is 0 Å². The summed E-state index contributed by atoms with van der Waals surface area (Å²) in [6.07, 6.45) is 1.99. The first-order valence-corrected chi connectivity index (χ1v) is 7.34. The molecule has 21 heavy (non-hydrogen) atoms. The van der Waals surface area contributed by atoms with Crippen LogP contribution in [0.25, 0.3) is 0 Å². The van der Waals surface area contributed by atoms with Crippen LogP contribution in [0.15, 0.2) is 48.5 Å². The van der Waals surface area contributed by atoms with Crippen molar-refractivity contribution in [2.75, 3.05) is 0 Å². The van der Waals surface area contributed by atoms with E-state index in [4.69, 9.17) is 0 Å². The van der Waals surface area contributed by atoms with E-state index in [1.54, 1.807) is 6.07 Å². The monoisotopic (exact) mass is 287 g/mol. The first kappa shape index (κ1) is 15.5. The molecule has 112 valence electrons. The molecule has 2 unspecified atom stereocenters. The van der Waals surface area contributed by atoms with Crippen molar-refractivity contribution in [3.63, 3.8) is 0 Å². The third-order valence-corrected chi connectivity index (χ3v) is 3.69. The minimum Gasteiger partial charge on any atom is -0.508 e. The van der Waals surface area contributed by atoms with Crippen LogP contribution < -0.4 is 5.32 Å². The van der Waals surface area contributed by atoms with E-state index in [0.29, 0.717) is 5.56 Å². The lowest BCUT2D eigenvalue weighted by atomic mass is 10.0. The number of benzene rings is 2. The van der Waals surface area contributed by atoms with Gasteiger partial charge >= 0.3 is 0 Å². The van der Waals surface area contributed by atoms with Crippen molar-refractivity contribution in [3.8, 4) is 5.75 Å². The molecule has 0 aromatic heterocycles. The van der Waals surface area contributed by atoms with Gasteiger partial charge in [-0.25, -0.2) is 4.39 Å². The number of rotatable bonds is 6. The largest absolute Gasteiger partial charge is 0.508 e. The summed E-state index contributed by atoms with van der Waals surface area (Å²) in [7, 11) is 0. The van der Waals surface area contributed by atoms with Gasteiger partial charge in [0, 0.05) is 23.7 Å². The third-order valence-electron chi connectivity index (χ3n) is 3.69. The average molecular weight is 287 g/mol. The SMILES string of the molecule is CC(CCc1ccccc1)NC(C)c1ccc(O)cc1F. The molecule has 0 spiro atoms. The summed E-state index contributed by atoms with van der Waals surface area (Å²) in [6.45, 7) is 4.05. The Bertz CT molecular complexity index is 571. The maximum Gasteiger partial charge on any atom is 0.131 e. The molecule has 0 aliphatic heterocycles. The van der Waals surface area contributed by atoms with Gasteiger partial charge in [-0.1, -0.05) is 36.4 Å². The van der Waals surface area contributed by atoms with Crippen molar-refractivity contribution in [2.45, 2.75) is 38.8 Å². The van der Waals surface area contributed by atoms with E-state index in [1.807, 2.05) is 25.1 Å². The molecule has 2 aromatic rings. The van der Waals surface area contributed by atoms with Gasteiger partial charge in [0.25, 0.3) is 0 Å². The molecule has 0 bridgehead atoms. The minimum atomic E-state index is -0.370. The minimum absolute atomic E-state index is 0.0411. The molecule has 0 aliphatic rings. The van der Waals surface area contributed by atoms with Gasteiger partial charge in [0.05, 0.1) is 0 Å². The molecule has 2 rings (SSSR count). The second-order valence-electron chi connectivity index (χ2n) is 5.52. The Morgan fingerprint density at radius 1 is 1.10 bits per heavy atom. The Morgan fingerprint density at radius 3 is 2.48 bits per heavy atom. The van der Waals surface area contributed by atoms with E-state index in [9.17, 15) is 9.50 Å². The van der Waals surface area contributed by atoms with Gasteiger partial charge < -0.3 is 10.4 Å². The molecule has 2 atom stereocenters. The second-order valence-corrected chi connectivity index (χ2v) is 5.52. The normalized spacial score (nSPS) is 13.9. The van der Waals surface area contributed by atoms with E-state index in [1.165, 1.54) is 11.6 Å². The van der Waals surface area contributed by atoms with Crippen LogP contribution in [0.5, 0.6) is 5.75 Å². The molecule has 0 saturated heterocycles. The lowest BCUT2D eigenvalue weighted by Crippen LogP contribution is -2.29. The highest BCUT2D eigenvalue weighted by Gasteiger charge is 2.13. The van der Waals surface area contributed by atoms with E-state index in [-0.39, 0.29) is 23.7 Å². The zero-order valence-electron chi connectivity index (χ0n) is 12.5. The Morgan fingerprint density at radius 2 is 1.81 bits per heavy atom. The molecule has 2 aromatic carbocycles. The molecule has 0 amide bonds. The molecule has 0 radical (unpaired) electrons. The van der Waals surface area contributed by atoms with Crippen LogP contribution in [0, 0.1) is 5.82 Å². The predicted octanol–water partition coefficient (Wildman–Crippen LogP) is 4.20. The topological polar surface area (TPSA) is 32.3 Å². The lowest BCUT2D eigenvalue weighted by Gasteiger charge is -2.21. The average Bonchev–Trinajstić information content (AvgIpc) is 2.46. The number of phenolic OH excluding ortho intramolecular Hbond substituents is 1. The van der Waals surface area contributed by atoms with Gasteiger partial charge in [0.15, 0.2) is 0 Å². The quantitative estimate of drug-likeness (QED) is 0.834. The molecule has 0 fully saturated rings. The first-order valence-electron chi connectivity index (χ1n) is 7.34. The van der Waals surface area contributed by atoms with Crippen molar-refractivity contribution in [2.24, 2.45) is 0 Å². The number of nitrogens with one attached hydrogen (secondary N) is 1. The number of halogens is 1. The predicted molar refractivity (Wildman–Crippen MR) is 83.8 cm³/mol. The van der Waals surface area contributed by atoms with Crippen molar-refractivity contribution >= 4 is 0 Å². The molecule has 0 aliphatic carbocycles. The van der Waals surface area contributed by atoms with Crippen molar-refractivity contribution in [3.05, 3.63) is 65.5 Å². The molecule has 0 heterocycles. The van der Waals surface area contributed by atoms with Crippen LogP contribution in [-0.4, -0.2) is 11.1 Å². The first-order chi connectivity index (χ1) is 10.1. The molecule has 0 saturated carbocycles. The molecule has 2 N–H and O–H groups in total.